The predicted octanol–water partition coefficient (Wildman–Crippen LogP) is 1.41. The van der Waals surface area contributed by atoms with E-state index in [4.69, 9.17) is 9.47 Å². The maximum atomic E-state index is 5.87. The fourth-order valence-electron chi connectivity index (χ4n) is 2.58. The maximum absolute atomic E-state index is 5.87. The Morgan fingerprint density at radius 3 is 3.00 bits per heavy atom. The number of nitrogens with one attached hydrogen (secondary N) is 2. The van der Waals surface area contributed by atoms with Gasteiger partial charge in [0.25, 0.3) is 0 Å². The zero-order valence-electron chi connectivity index (χ0n) is 13.3. The molecular formula is C17H24N4O2. The van der Waals surface area contributed by atoms with Gasteiger partial charge in [0.15, 0.2) is 0 Å². The summed E-state index contributed by atoms with van der Waals surface area (Å²) in [6.45, 7) is 6.85. The fraction of sp³-hybridized carbons (Fsp3) is 0.471. The first-order valence-electron chi connectivity index (χ1n) is 8.11. The van der Waals surface area contributed by atoms with Crippen LogP contribution in [0.4, 0.5) is 0 Å². The molecule has 2 aromatic rings. The van der Waals surface area contributed by atoms with Gasteiger partial charge >= 0.3 is 0 Å². The van der Waals surface area contributed by atoms with Crippen LogP contribution in [-0.4, -0.2) is 54.3 Å². The summed E-state index contributed by atoms with van der Waals surface area (Å²) in [5.74, 6) is 1.87. The third-order valence-electron chi connectivity index (χ3n) is 3.85. The van der Waals surface area contributed by atoms with Crippen LogP contribution in [0.15, 0.2) is 36.7 Å². The summed E-state index contributed by atoms with van der Waals surface area (Å²) in [5.41, 5.74) is 1.21. The van der Waals surface area contributed by atoms with Crippen molar-refractivity contribution in [3.63, 3.8) is 0 Å². The smallest absolute Gasteiger partial charge is 0.120 e. The van der Waals surface area contributed by atoms with Gasteiger partial charge in [0.05, 0.1) is 19.8 Å². The maximum Gasteiger partial charge on any atom is 0.120 e. The van der Waals surface area contributed by atoms with Crippen molar-refractivity contribution in [2.45, 2.75) is 13.1 Å². The molecule has 6 heteroatoms. The molecule has 124 valence electrons. The quantitative estimate of drug-likeness (QED) is 0.771. The van der Waals surface area contributed by atoms with Crippen molar-refractivity contribution in [2.75, 3.05) is 39.5 Å². The van der Waals surface area contributed by atoms with E-state index in [0.29, 0.717) is 6.61 Å². The fourth-order valence-corrected chi connectivity index (χ4v) is 2.58. The first-order valence-corrected chi connectivity index (χ1v) is 8.11. The van der Waals surface area contributed by atoms with Crippen LogP contribution in [0.5, 0.6) is 5.75 Å². The lowest BCUT2D eigenvalue weighted by molar-refractivity contribution is 0.0322. The number of hydrogen-bond acceptors (Lipinski definition) is 5. The van der Waals surface area contributed by atoms with Crippen molar-refractivity contribution < 1.29 is 9.47 Å². The standard InChI is InChI=1S/C17H24N4O2/c1-2-15(13-18-14-17-19-4-5-20-17)12-16(3-1)23-11-8-21-6-9-22-10-7-21/h1-5,12,18H,6-11,13-14H2,(H,19,20). The lowest BCUT2D eigenvalue weighted by atomic mass is 10.2. The summed E-state index contributed by atoms with van der Waals surface area (Å²) >= 11 is 0. The van der Waals surface area contributed by atoms with Crippen LogP contribution in [0.25, 0.3) is 0 Å². The van der Waals surface area contributed by atoms with Crippen LogP contribution in [0.2, 0.25) is 0 Å². The van der Waals surface area contributed by atoms with Gasteiger partial charge in [0.2, 0.25) is 0 Å². The molecular weight excluding hydrogens is 292 g/mol. The number of H-pyrrole nitrogens is 1. The van der Waals surface area contributed by atoms with Crippen LogP contribution in [0.3, 0.4) is 0 Å². The Bertz CT molecular complexity index is 568. The lowest BCUT2D eigenvalue weighted by Crippen LogP contribution is -2.38. The molecule has 0 atom stereocenters. The van der Waals surface area contributed by atoms with Gasteiger partial charge in [-0.1, -0.05) is 12.1 Å². The van der Waals surface area contributed by atoms with Crippen molar-refractivity contribution in [1.82, 2.24) is 20.2 Å². The van der Waals surface area contributed by atoms with Gasteiger partial charge in [0, 0.05) is 38.6 Å². The lowest BCUT2D eigenvalue weighted by Gasteiger charge is -2.26. The normalized spacial score (nSPS) is 15.7. The van der Waals surface area contributed by atoms with Crippen LogP contribution < -0.4 is 10.1 Å². The number of benzene rings is 1. The summed E-state index contributed by atoms with van der Waals surface area (Å²) in [5, 5.41) is 3.37. The summed E-state index contributed by atoms with van der Waals surface area (Å²) in [4.78, 5) is 9.65. The number of aromatic amines is 1. The Balaban J connectivity index is 1.39. The number of imidazole rings is 1. The average molecular weight is 316 g/mol. The molecule has 0 amide bonds. The van der Waals surface area contributed by atoms with E-state index >= 15 is 0 Å². The molecule has 0 saturated carbocycles. The highest BCUT2D eigenvalue weighted by Crippen LogP contribution is 2.13. The van der Waals surface area contributed by atoms with Gasteiger partial charge < -0.3 is 19.8 Å². The molecule has 1 aromatic heterocycles. The molecule has 23 heavy (non-hydrogen) atoms. The molecule has 1 saturated heterocycles. The second kappa shape index (κ2) is 8.67. The van der Waals surface area contributed by atoms with E-state index < -0.39 is 0 Å². The Labute approximate surface area is 136 Å². The molecule has 0 unspecified atom stereocenters. The Morgan fingerprint density at radius 2 is 2.17 bits per heavy atom. The second-order valence-electron chi connectivity index (χ2n) is 5.59. The van der Waals surface area contributed by atoms with E-state index in [9.17, 15) is 0 Å². The van der Waals surface area contributed by atoms with Crippen LogP contribution in [0.1, 0.15) is 11.4 Å². The van der Waals surface area contributed by atoms with E-state index in [1.807, 2.05) is 18.3 Å². The highest BCUT2D eigenvalue weighted by Gasteiger charge is 2.09. The van der Waals surface area contributed by atoms with Crippen molar-refractivity contribution in [2.24, 2.45) is 0 Å². The molecule has 0 radical (unpaired) electrons. The third kappa shape index (κ3) is 5.35. The van der Waals surface area contributed by atoms with E-state index in [1.165, 1.54) is 5.56 Å². The van der Waals surface area contributed by atoms with Gasteiger partial charge in [-0.3, -0.25) is 4.90 Å². The van der Waals surface area contributed by atoms with E-state index in [1.54, 1.807) is 6.20 Å². The summed E-state index contributed by atoms with van der Waals surface area (Å²) in [6, 6.07) is 8.24. The van der Waals surface area contributed by atoms with Gasteiger partial charge in [-0.2, -0.15) is 0 Å². The summed E-state index contributed by atoms with van der Waals surface area (Å²) in [7, 11) is 0. The average Bonchev–Trinajstić information content (AvgIpc) is 3.10. The van der Waals surface area contributed by atoms with Crippen molar-refractivity contribution in [3.05, 3.63) is 48.0 Å². The third-order valence-corrected chi connectivity index (χ3v) is 3.85. The van der Waals surface area contributed by atoms with Crippen molar-refractivity contribution in [1.29, 1.82) is 0 Å². The molecule has 2 N–H and O–H groups in total. The molecule has 3 rings (SSSR count). The molecule has 1 fully saturated rings. The zero-order valence-corrected chi connectivity index (χ0v) is 13.3. The van der Waals surface area contributed by atoms with Gasteiger partial charge in [-0.15, -0.1) is 0 Å². The molecule has 6 nitrogen and oxygen atoms in total. The Hall–Kier alpha value is -1.89. The number of rotatable bonds is 8. The molecule has 0 spiro atoms. The minimum Gasteiger partial charge on any atom is -0.492 e. The SMILES string of the molecule is c1cc(CNCc2ncc[nH]2)cc(OCCN2CCOCC2)c1. The number of nitrogens with zero attached hydrogens (tertiary/aromatic N) is 2. The second-order valence-corrected chi connectivity index (χ2v) is 5.59. The van der Waals surface area contributed by atoms with Gasteiger partial charge in [-0.25, -0.2) is 4.98 Å². The van der Waals surface area contributed by atoms with Crippen LogP contribution >= 0.6 is 0 Å². The predicted molar refractivity (Wildman–Crippen MR) is 88.3 cm³/mol. The first-order chi connectivity index (χ1) is 11.4. The highest BCUT2D eigenvalue weighted by atomic mass is 16.5. The first kappa shape index (κ1) is 16.0. The highest BCUT2D eigenvalue weighted by molar-refractivity contribution is 5.28. The van der Waals surface area contributed by atoms with Crippen LogP contribution in [-0.2, 0) is 17.8 Å². The number of hydrogen-bond donors (Lipinski definition) is 2. The molecule has 0 aliphatic carbocycles. The zero-order chi connectivity index (χ0) is 15.7. The Morgan fingerprint density at radius 1 is 1.26 bits per heavy atom. The van der Waals surface area contributed by atoms with Crippen molar-refractivity contribution >= 4 is 0 Å². The minimum atomic E-state index is 0.712. The minimum absolute atomic E-state index is 0.712. The van der Waals surface area contributed by atoms with Gasteiger partial charge in [-0.05, 0) is 17.7 Å². The molecule has 0 bridgehead atoms. The Kier molecular flexibility index (Phi) is 6.02. The molecule has 1 aromatic carbocycles. The van der Waals surface area contributed by atoms with Crippen LogP contribution in [0, 0.1) is 0 Å². The van der Waals surface area contributed by atoms with E-state index in [2.05, 4.69) is 32.3 Å². The topological polar surface area (TPSA) is 62.4 Å². The number of aromatic nitrogens is 2. The van der Waals surface area contributed by atoms with Crippen molar-refractivity contribution in [3.8, 4) is 5.75 Å². The number of ether oxygens (including phenoxy) is 2. The van der Waals surface area contributed by atoms with Gasteiger partial charge in [0.1, 0.15) is 18.2 Å². The molecule has 2 heterocycles. The number of morpholine rings is 1. The summed E-state index contributed by atoms with van der Waals surface area (Å²) in [6.07, 6.45) is 3.60. The molecule has 1 aliphatic rings. The monoisotopic (exact) mass is 316 g/mol. The molecule has 1 aliphatic heterocycles. The van der Waals surface area contributed by atoms with E-state index in [-0.39, 0.29) is 0 Å². The largest absolute Gasteiger partial charge is 0.492 e. The summed E-state index contributed by atoms with van der Waals surface area (Å²) < 4.78 is 11.2. The van der Waals surface area contributed by atoms with E-state index in [0.717, 1.165) is 57.5 Å².